The molecule has 6 aromatic rings. The van der Waals surface area contributed by atoms with Crippen molar-refractivity contribution in [1.82, 2.24) is 5.32 Å². The van der Waals surface area contributed by atoms with Gasteiger partial charge in [0.25, 0.3) is 0 Å². The Kier molecular flexibility index (Phi) is 5.73. The monoisotopic (exact) mass is 544 g/mol. The molecule has 1 aromatic heterocycles. The van der Waals surface area contributed by atoms with Gasteiger partial charge >= 0.3 is 0 Å². The number of hydrogen-bond acceptors (Lipinski definition) is 3. The van der Waals surface area contributed by atoms with Gasteiger partial charge in [-0.25, -0.2) is 0 Å². The van der Waals surface area contributed by atoms with Gasteiger partial charge in [-0.1, -0.05) is 104 Å². The fourth-order valence-corrected chi connectivity index (χ4v) is 7.33. The summed E-state index contributed by atoms with van der Waals surface area (Å²) in [4.78, 5) is 2.29. The summed E-state index contributed by atoms with van der Waals surface area (Å²) in [7, 11) is 0. The van der Waals surface area contributed by atoms with E-state index < -0.39 is 0 Å². The third kappa shape index (κ3) is 4.22. The number of benzene rings is 5. The fraction of sp³-hybridized carbons (Fsp3) is 0.0526. The number of nitrogens with one attached hydrogen (secondary N) is 1. The standard InChI is InChI=1S/C38H28N2S/c1-25-24-28(31-14-9-15-33-32-13-6-8-17-35(32)41-38(31)33)22-23-40(34-16-7-5-12-30(25)34)29-20-18-27(19-21-29)37-36(39-37)26-10-3-2-4-11-26/h2-24,36-37,39H,1H2/b23-22-,28-24+. The molecule has 2 nitrogen and oxygen atoms in total. The van der Waals surface area contributed by atoms with Crippen LogP contribution in [0, 0.1) is 0 Å². The number of fused-ring (bicyclic) bond motifs is 4. The van der Waals surface area contributed by atoms with Crippen molar-refractivity contribution in [2.45, 2.75) is 12.1 Å². The van der Waals surface area contributed by atoms with Gasteiger partial charge in [0.05, 0.1) is 17.8 Å². The van der Waals surface area contributed by atoms with Crippen LogP contribution in [0.5, 0.6) is 0 Å². The predicted molar refractivity (Wildman–Crippen MR) is 176 cm³/mol. The molecule has 5 aromatic carbocycles. The molecule has 0 saturated carbocycles. The van der Waals surface area contributed by atoms with Gasteiger partial charge < -0.3 is 4.90 Å². The second-order valence-electron chi connectivity index (χ2n) is 10.7. The molecule has 1 N–H and O–H groups in total. The predicted octanol–water partition coefficient (Wildman–Crippen LogP) is 10.2. The molecule has 2 aliphatic rings. The zero-order valence-corrected chi connectivity index (χ0v) is 23.3. The van der Waals surface area contributed by atoms with Crippen LogP contribution in [0.1, 0.15) is 34.3 Å². The van der Waals surface area contributed by atoms with Gasteiger partial charge in [0.15, 0.2) is 0 Å². The number of rotatable bonds is 4. The molecule has 196 valence electrons. The van der Waals surface area contributed by atoms with Crippen molar-refractivity contribution >= 4 is 54.0 Å². The lowest BCUT2D eigenvalue weighted by molar-refractivity contribution is 1.03. The number of para-hydroxylation sites is 1. The van der Waals surface area contributed by atoms with E-state index in [0.29, 0.717) is 12.1 Å². The first-order valence-electron chi connectivity index (χ1n) is 14.0. The van der Waals surface area contributed by atoms with Gasteiger partial charge in [0.2, 0.25) is 0 Å². The van der Waals surface area contributed by atoms with Crippen LogP contribution in [0.15, 0.2) is 146 Å². The minimum Gasteiger partial charge on any atom is -0.317 e. The third-order valence-electron chi connectivity index (χ3n) is 8.23. The van der Waals surface area contributed by atoms with E-state index in [-0.39, 0.29) is 0 Å². The molecule has 1 fully saturated rings. The minimum atomic E-state index is 0.359. The van der Waals surface area contributed by atoms with Gasteiger partial charge in [-0.3, -0.25) is 5.32 Å². The van der Waals surface area contributed by atoms with Crippen LogP contribution in [0.2, 0.25) is 0 Å². The maximum absolute atomic E-state index is 4.52. The summed E-state index contributed by atoms with van der Waals surface area (Å²) < 4.78 is 2.63. The van der Waals surface area contributed by atoms with Crippen molar-refractivity contribution < 1.29 is 0 Å². The lowest BCUT2D eigenvalue weighted by Gasteiger charge is -2.26. The van der Waals surface area contributed by atoms with Gasteiger partial charge in [-0.05, 0) is 64.3 Å². The number of thiophene rings is 1. The van der Waals surface area contributed by atoms with Crippen LogP contribution < -0.4 is 10.2 Å². The van der Waals surface area contributed by atoms with Crippen LogP contribution in [0.3, 0.4) is 0 Å². The molecule has 41 heavy (non-hydrogen) atoms. The number of allylic oxidation sites excluding steroid dienone is 4. The highest BCUT2D eigenvalue weighted by molar-refractivity contribution is 7.26. The van der Waals surface area contributed by atoms with Crippen LogP contribution in [0.25, 0.3) is 31.3 Å². The molecular formula is C38H28N2S. The van der Waals surface area contributed by atoms with E-state index in [2.05, 4.69) is 156 Å². The Bertz CT molecular complexity index is 2000. The summed E-state index contributed by atoms with van der Waals surface area (Å²) in [6.07, 6.45) is 6.68. The molecule has 1 saturated heterocycles. The van der Waals surface area contributed by atoms with Crippen molar-refractivity contribution in [2.24, 2.45) is 0 Å². The second-order valence-corrected chi connectivity index (χ2v) is 11.8. The summed E-state index contributed by atoms with van der Waals surface area (Å²) in [5, 5.41) is 6.26. The smallest absolute Gasteiger partial charge is 0.0533 e. The fourth-order valence-electron chi connectivity index (χ4n) is 6.09. The number of nitrogens with zero attached hydrogens (tertiary/aromatic N) is 1. The van der Waals surface area contributed by atoms with E-state index in [0.717, 1.165) is 28.1 Å². The van der Waals surface area contributed by atoms with Crippen LogP contribution in [-0.2, 0) is 0 Å². The lowest BCUT2D eigenvalue weighted by atomic mass is 9.95. The molecule has 8 rings (SSSR count). The average molecular weight is 545 g/mol. The molecule has 0 radical (unpaired) electrons. The maximum Gasteiger partial charge on any atom is 0.0533 e. The first-order chi connectivity index (χ1) is 20.2. The molecular weight excluding hydrogens is 516 g/mol. The number of hydrogen-bond donors (Lipinski definition) is 1. The first kappa shape index (κ1) is 24.1. The highest BCUT2D eigenvalue weighted by Crippen LogP contribution is 2.44. The van der Waals surface area contributed by atoms with Crippen LogP contribution >= 0.6 is 11.3 Å². The topological polar surface area (TPSA) is 25.2 Å². The molecule has 3 heteroatoms. The van der Waals surface area contributed by atoms with E-state index in [9.17, 15) is 0 Å². The van der Waals surface area contributed by atoms with E-state index >= 15 is 0 Å². The molecule has 0 aliphatic carbocycles. The van der Waals surface area contributed by atoms with Gasteiger partial charge in [-0.15, -0.1) is 11.3 Å². The molecule has 2 aliphatic heterocycles. The Morgan fingerprint density at radius 3 is 2.17 bits per heavy atom. The summed E-state index contributed by atoms with van der Waals surface area (Å²) in [5.74, 6) is 0. The van der Waals surface area contributed by atoms with Crippen molar-refractivity contribution in [3.8, 4) is 0 Å². The minimum absolute atomic E-state index is 0.359. The Balaban J connectivity index is 1.18. The molecule has 2 unspecified atom stereocenters. The van der Waals surface area contributed by atoms with Gasteiger partial charge in [0, 0.05) is 37.6 Å². The van der Waals surface area contributed by atoms with Crippen molar-refractivity contribution in [3.05, 3.63) is 169 Å². The first-order valence-corrected chi connectivity index (χ1v) is 14.9. The molecule has 3 heterocycles. The Morgan fingerprint density at radius 1 is 0.634 bits per heavy atom. The normalized spacial score (nSPS) is 20.2. The second kappa shape index (κ2) is 9.74. The van der Waals surface area contributed by atoms with Crippen LogP contribution in [-0.4, -0.2) is 0 Å². The summed E-state index contributed by atoms with van der Waals surface area (Å²) in [6, 6.07) is 44.3. The van der Waals surface area contributed by atoms with Crippen molar-refractivity contribution in [1.29, 1.82) is 0 Å². The molecule has 0 amide bonds. The highest BCUT2D eigenvalue weighted by atomic mass is 32.1. The van der Waals surface area contributed by atoms with Gasteiger partial charge in [0.1, 0.15) is 0 Å². The lowest BCUT2D eigenvalue weighted by Crippen LogP contribution is -2.11. The zero-order valence-electron chi connectivity index (χ0n) is 22.5. The van der Waals surface area contributed by atoms with Crippen molar-refractivity contribution in [3.63, 3.8) is 0 Å². The SMILES string of the molecule is C=C1/C=C(c2cccc3c2sc2ccccc23)\C=C/N(c2ccc(C3NC3c3ccccc3)cc2)c2ccccc21. The molecule has 0 spiro atoms. The largest absolute Gasteiger partial charge is 0.317 e. The van der Waals surface area contributed by atoms with E-state index in [1.54, 1.807) is 0 Å². The van der Waals surface area contributed by atoms with E-state index in [1.165, 1.54) is 36.9 Å². The van der Waals surface area contributed by atoms with Crippen molar-refractivity contribution in [2.75, 3.05) is 4.90 Å². The summed E-state index contributed by atoms with van der Waals surface area (Å²) in [6.45, 7) is 4.52. The van der Waals surface area contributed by atoms with Crippen LogP contribution in [0.4, 0.5) is 11.4 Å². The quantitative estimate of drug-likeness (QED) is 0.223. The summed E-state index contributed by atoms with van der Waals surface area (Å²) >= 11 is 1.86. The zero-order chi connectivity index (χ0) is 27.3. The van der Waals surface area contributed by atoms with E-state index in [4.69, 9.17) is 0 Å². The Labute approximate surface area is 244 Å². The molecule has 2 atom stereocenters. The van der Waals surface area contributed by atoms with E-state index in [1.807, 2.05) is 11.3 Å². The number of anilines is 2. The van der Waals surface area contributed by atoms with Gasteiger partial charge in [-0.2, -0.15) is 0 Å². The summed E-state index contributed by atoms with van der Waals surface area (Å²) in [5.41, 5.74) is 9.45. The molecule has 0 bridgehead atoms. The third-order valence-corrected chi connectivity index (χ3v) is 9.45. The Hall–Kier alpha value is -4.70. The Morgan fingerprint density at radius 2 is 1.32 bits per heavy atom. The highest BCUT2D eigenvalue weighted by Gasteiger charge is 2.38. The maximum atomic E-state index is 4.52. The average Bonchev–Trinajstić information content (AvgIpc) is 3.74.